The SMILES string of the molecule is CC[CH][C@H]1C[C@@H](O)[C@H](n2c(=O)sc3cnc(N)nc32)O1. The summed E-state index contributed by atoms with van der Waals surface area (Å²) >= 11 is 1.02. The number of nitrogen functional groups attached to an aromatic ring is 1. The van der Waals surface area contributed by atoms with E-state index in [1.54, 1.807) is 0 Å². The molecule has 0 aromatic carbocycles. The van der Waals surface area contributed by atoms with Crippen molar-refractivity contribution in [3.63, 3.8) is 0 Å². The van der Waals surface area contributed by atoms with E-state index in [2.05, 4.69) is 9.97 Å². The lowest BCUT2D eigenvalue weighted by molar-refractivity contribution is -0.0279. The van der Waals surface area contributed by atoms with Crippen molar-refractivity contribution in [2.45, 2.75) is 38.2 Å². The third-order valence-corrected chi connectivity index (χ3v) is 4.13. The third kappa shape index (κ3) is 2.19. The van der Waals surface area contributed by atoms with Crippen LogP contribution in [0.25, 0.3) is 10.3 Å². The van der Waals surface area contributed by atoms with E-state index in [1.165, 1.54) is 10.8 Å². The van der Waals surface area contributed by atoms with Crippen molar-refractivity contribution in [2.75, 3.05) is 5.73 Å². The van der Waals surface area contributed by atoms with E-state index in [4.69, 9.17) is 10.5 Å². The van der Waals surface area contributed by atoms with Gasteiger partial charge in [0.2, 0.25) is 5.95 Å². The molecule has 1 aliphatic rings. The highest BCUT2D eigenvalue weighted by Crippen LogP contribution is 2.32. The lowest BCUT2D eigenvalue weighted by Gasteiger charge is -2.16. The summed E-state index contributed by atoms with van der Waals surface area (Å²) in [6.45, 7) is 2.00. The largest absolute Gasteiger partial charge is 0.388 e. The number of aromatic nitrogens is 3. The van der Waals surface area contributed by atoms with Crippen LogP contribution in [0, 0.1) is 6.42 Å². The number of hydrogen-bond donors (Lipinski definition) is 2. The van der Waals surface area contributed by atoms with Crippen molar-refractivity contribution in [3.8, 4) is 0 Å². The highest BCUT2D eigenvalue weighted by molar-refractivity contribution is 7.16. The molecule has 3 N–H and O–H groups in total. The van der Waals surface area contributed by atoms with E-state index in [-0.39, 0.29) is 16.9 Å². The second kappa shape index (κ2) is 5.12. The lowest BCUT2D eigenvalue weighted by atomic mass is 10.1. The first-order valence-electron chi connectivity index (χ1n) is 6.40. The van der Waals surface area contributed by atoms with Gasteiger partial charge in [-0.2, -0.15) is 4.98 Å². The van der Waals surface area contributed by atoms with Crippen LogP contribution >= 0.6 is 11.3 Å². The molecule has 8 heteroatoms. The zero-order valence-corrected chi connectivity index (χ0v) is 11.7. The summed E-state index contributed by atoms with van der Waals surface area (Å²) in [5, 5.41) is 10.1. The van der Waals surface area contributed by atoms with Crippen LogP contribution in [0.5, 0.6) is 0 Å². The summed E-state index contributed by atoms with van der Waals surface area (Å²) in [6.07, 6.45) is 3.19. The number of hydrogen-bond acceptors (Lipinski definition) is 7. The van der Waals surface area contributed by atoms with Crippen molar-refractivity contribution in [2.24, 2.45) is 0 Å². The molecule has 0 bridgehead atoms. The highest BCUT2D eigenvalue weighted by Gasteiger charge is 2.36. The first-order valence-corrected chi connectivity index (χ1v) is 7.22. The van der Waals surface area contributed by atoms with Gasteiger partial charge < -0.3 is 15.6 Å². The fourth-order valence-corrected chi connectivity index (χ4v) is 3.22. The molecule has 3 rings (SSSR count). The van der Waals surface area contributed by atoms with Crippen LogP contribution in [-0.4, -0.2) is 31.8 Å². The quantitative estimate of drug-likeness (QED) is 0.864. The molecule has 107 valence electrons. The molecule has 0 unspecified atom stereocenters. The van der Waals surface area contributed by atoms with Crippen LogP contribution in [0.15, 0.2) is 11.0 Å². The van der Waals surface area contributed by atoms with Gasteiger partial charge in [-0.3, -0.25) is 9.36 Å². The molecule has 7 nitrogen and oxygen atoms in total. The molecule has 2 aromatic rings. The minimum absolute atomic E-state index is 0.0909. The number of thiazole rings is 1. The topological polar surface area (TPSA) is 103 Å². The molecule has 20 heavy (non-hydrogen) atoms. The van der Waals surface area contributed by atoms with Crippen molar-refractivity contribution < 1.29 is 9.84 Å². The Morgan fingerprint density at radius 1 is 1.70 bits per heavy atom. The smallest absolute Gasteiger partial charge is 0.311 e. The van der Waals surface area contributed by atoms with Gasteiger partial charge in [-0.1, -0.05) is 24.7 Å². The summed E-state index contributed by atoms with van der Waals surface area (Å²) in [6, 6.07) is 0. The minimum atomic E-state index is -0.741. The Kier molecular flexibility index (Phi) is 3.45. The normalized spacial score (nSPS) is 26.4. The molecule has 0 aliphatic carbocycles. The molecule has 1 aliphatic heterocycles. The second-order valence-electron chi connectivity index (χ2n) is 4.67. The molecule has 0 saturated carbocycles. The fraction of sp³-hybridized carbons (Fsp3) is 0.500. The van der Waals surface area contributed by atoms with E-state index in [0.29, 0.717) is 16.8 Å². The Balaban J connectivity index is 2.04. The first kappa shape index (κ1) is 13.5. The van der Waals surface area contributed by atoms with Gasteiger partial charge >= 0.3 is 4.87 Å². The van der Waals surface area contributed by atoms with E-state index < -0.39 is 12.3 Å². The van der Waals surface area contributed by atoms with Gasteiger partial charge in [-0.25, -0.2) is 4.98 Å². The Labute approximate surface area is 119 Å². The molecule has 0 amide bonds. The summed E-state index contributed by atoms with van der Waals surface area (Å²) < 4.78 is 7.75. The Bertz CT molecular complexity index is 683. The van der Waals surface area contributed by atoms with Crippen LogP contribution in [0.2, 0.25) is 0 Å². The summed E-state index contributed by atoms with van der Waals surface area (Å²) in [5.41, 5.74) is 5.98. The molecule has 1 saturated heterocycles. The average Bonchev–Trinajstić information content (AvgIpc) is 2.89. The molecule has 3 heterocycles. The number of nitrogens with two attached hydrogens (primary N) is 1. The predicted molar refractivity (Wildman–Crippen MR) is 75.2 cm³/mol. The molecule has 2 aromatic heterocycles. The summed E-state index contributed by atoms with van der Waals surface area (Å²) in [5.74, 6) is 0.0909. The second-order valence-corrected chi connectivity index (χ2v) is 5.66. The fourth-order valence-electron chi connectivity index (χ4n) is 2.40. The monoisotopic (exact) mass is 295 g/mol. The summed E-state index contributed by atoms with van der Waals surface area (Å²) in [4.78, 5) is 19.8. The Morgan fingerprint density at radius 2 is 2.50 bits per heavy atom. The van der Waals surface area contributed by atoms with E-state index in [0.717, 1.165) is 17.8 Å². The third-order valence-electron chi connectivity index (χ3n) is 3.25. The van der Waals surface area contributed by atoms with E-state index in [9.17, 15) is 9.90 Å². The standard InChI is InChI=1S/C12H15N4O3S/c1-2-3-6-4-7(17)10(19-6)16-9-8(20-12(16)18)5-14-11(13)15-9/h3,5-7,10,17H,2,4H2,1H3,(H2,13,14,15)/t6-,7+,10+/m0/s1. The number of nitrogens with zero attached hydrogens (tertiary/aromatic N) is 3. The number of aliphatic hydroxyl groups excluding tert-OH is 1. The van der Waals surface area contributed by atoms with Gasteiger partial charge in [0, 0.05) is 6.42 Å². The van der Waals surface area contributed by atoms with Gasteiger partial charge in [0.1, 0.15) is 6.10 Å². The number of ether oxygens (including phenoxy) is 1. The molecule has 1 radical (unpaired) electrons. The molecule has 3 atom stereocenters. The number of anilines is 1. The number of aliphatic hydroxyl groups is 1. The van der Waals surface area contributed by atoms with Crippen LogP contribution < -0.4 is 10.6 Å². The average molecular weight is 295 g/mol. The molecular formula is C12H15N4O3S. The van der Waals surface area contributed by atoms with Crippen LogP contribution in [0.1, 0.15) is 26.0 Å². The van der Waals surface area contributed by atoms with Gasteiger partial charge in [-0.15, -0.1) is 0 Å². The predicted octanol–water partition coefficient (Wildman–Crippen LogP) is 0.698. The maximum atomic E-state index is 12.1. The van der Waals surface area contributed by atoms with Gasteiger partial charge in [0.05, 0.1) is 17.0 Å². The minimum Gasteiger partial charge on any atom is -0.388 e. The zero-order valence-electron chi connectivity index (χ0n) is 10.9. The molecular weight excluding hydrogens is 280 g/mol. The van der Waals surface area contributed by atoms with Gasteiger partial charge in [0.15, 0.2) is 11.9 Å². The van der Waals surface area contributed by atoms with E-state index >= 15 is 0 Å². The van der Waals surface area contributed by atoms with Crippen LogP contribution in [0.4, 0.5) is 5.95 Å². The molecule has 0 spiro atoms. The van der Waals surface area contributed by atoms with Crippen molar-refractivity contribution in [1.29, 1.82) is 0 Å². The first-order chi connectivity index (χ1) is 9.60. The zero-order chi connectivity index (χ0) is 14.3. The van der Waals surface area contributed by atoms with Crippen molar-refractivity contribution in [3.05, 3.63) is 22.3 Å². The number of fused-ring (bicyclic) bond motifs is 1. The van der Waals surface area contributed by atoms with Crippen molar-refractivity contribution >= 4 is 27.6 Å². The van der Waals surface area contributed by atoms with Crippen LogP contribution in [0.3, 0.4) is 0 Å². The number of rotatable bonds is 3. The van der Waals surface area contributed by atoms with Crippen LogP contribution in [-0.2, 0) is 4.74 Å². The van der Waals surface area contributed by atoms with Gasteiger partial charge in [0.25, 0.3) is 0 Å². The molecule has 1 fully saturated rings. The maximum Gasteiger partial charge on any atom is 0.311 e. The summed E-state index contributed by atoms with van der Waals surface area (Å²) in [7, 11) is 0. The van der Waals surface area contributed by atoms with Crippen molar-refractivity contribution in [1.82, 2.24) is 14.5 Å². The van der Waals surface area contributed by atoms with Gasteiger partial charge in [-0.05, 0) is 6.42 Å². The Morgan fingerprint density at radius 3 is 3.25 bits per heavy atom. The maximum absolute atomic E-state index is 12.1. The highest BCUT2D eigenvalue weighted by atomic mass is 32.1. The Hall–Kier alpha value is -1.51. The lowest BCUT2D eigenvalue weighted by Crippen LogP contribution is -2.27. The van der Waals surface area contributed by atoms with E-state index in [1.807, 2.05) is 13.3 Å².